The van der Waals surface area contributed by atoms with Gasteiger partial charge in [-0.25, -0.2) is 9.37 Å². The van der Waals surface area contributed by atoms with Gasteiger partial charge in [-0.05, 0) is 49.7 Å². The van der Waals surface area contributed by atoms with Crippen LogP contribution in [0.3, 0.4) is 0 Å². The lowest BCUT2D eigenvalue weighted by Gasteiger charge is -2.18. The van der Waals surface area contributed by atoms with Crippen molar-refractivity contribution in [1.82, 2.24) is 4.98 Å². The van der Waals surface area contributed by atoms with Crippen LogP contribution in [0.4, 0.5) is 4.39 Å². The lowest BCUT2D eigenvalue weighted by Crippen LogP contribution is -2.25. The zero-order valence-electron chi connectivity index (χ0n) is 16.9. The quantitative estimate of drug-likeness (QED) is 0.621. The summed E-state index contributed by atoms with van der Waals surface area (Å²) in [6, 6.07) is 13.6. The Kier molecular flexibility index (Phi) is 5.29. The number of nitrogens with zero attached hydrogens (tertiary/aromatic N) is 2. The van der Waals surface area contributed by atoms with Gasteiger partial charge in [-0.3, -0.25) is 0 Å². The highest BCUT2D eigenvalue weighted by Crippen LogP contribution is 2.38. The molecular formula is C23H21FN2O4. The van der Waals surface area contributed by atoms with Crippen LogP contribution >= 0.6 is 0 Å². The van der Waals surface area contributed by atoms with E-state index in [2.05, 4.69) is 11.1 Å². The molecule has 1 fully saturated rings. The number of hydrogen-bond acceptors (Lipinski definition) is 6. The summed E-state index contributed by atoms with van der Waals surface area (Å²) < 4.78 is 36.5. The first-order chi connectivity index (χ1) is 14.4. The molecule has 0 N–H and O–H groups in total. The Labute approximate surface area is 173 Å². The first-order valence-corrected chi connectivity index (χ1v) is 9.52. The molecular weight excluding hydrogens is 387 g/mol. The standard InChI is InChI=1S/C23H21FN2O4/c1-23(2)29-13-17(30-23)12-28-22-18-8-7-16(27-3)10-19(18)21(20(11-25)26-22)14-5-4-6-15(24)9-14/h4-10,17H,12-13H2,1-3H3. The van der Waals surface area contributed by atoms with Crippen molar-refractivity contribution in [3.05, 3.63) is 54.0 Å². The van der Waals surface area contributed by atoms with Crippen LogP contribution in [0.25, 0.3) is 21.9 Å². The lowest BCUT2D eigenvalue weighted by atomic mass is 9.97. The van der Waals surface area contributed by atoms with Crippen LogP contribution in [0.1, 0.15) is 19.5 Å². The summed E-state index contributed by atoms with van der Waals surface area (Å²) in [6.07, 6.45) is -0.247. The van der Waals surface area contributed by atoms with Gasteiger partial charge in [0.1, 0.15) is 30.3 Å². The van der Waals surface area contributed by atoms with Crippen molar-refractivity contribution in [2.45, 2.75) is 25.7 Å². The molecule has 4 rings (SSSR count). The highest BCUT2D eigenvalue weighted by Gasteiger charge is 2.33. The van der Waals surface area contributed by atoms with Crippen molar-refractivity contribution >= 4 is 10.8 Å². The van der Waals surface area contributed by atoms with Crippen LogP contribution in [-0.2, 0) is 9.47 Å². The largest absolute Gasteiger partial charge is 0.497 e. The molecule has 6 nitrogen and oxygen atoms in total. The predicted molar refractivity (Wildman–Crippen MR) is 109 cm³/mol. The Morgan fingerprint density at radius 3 is 2.73 bits per heavy atom. The van der Waals surface area contributed by atoms with Crippen molar-refractivity contribution in [1.29, 1.82) is 5.26 Å². The third-order valence-corrected chi connectivity index (χ3v) is 4.87. The number of rotatable bonds is 5. The van der Waals surface area contributed by atoms with Gasteiger partial charge in [-0.1, -0.05) is 12.1 Å². The first kappa shape index (κ1) is 20.1. The van der Waals surface area contributed by atoms with Gasteiger partial charge in [0.2, 0.25) is 5.88 Å². The molecule has 0 spiro atoms. The summed E-state index contributed by atoms with van der Waals surface area (Å²) >= 11 is 0. The van der Waals surface area contributed by atoms with E-state index in [1.165, 1.54) is 12.1 Å². The molecule has 3 aromatic rings. The summed E-state index contributed by atoms with van der Waals surface area (Å²) in [6.45, 7) is 4.32. The minimum Gasteiger partial charge on any atom is -0.497 e. The Bertz CT molecular complexity index is 1140. The summed E-state index contributed by atoms with van der Waals surface area (Å²) in [5, 5.41) is 11.1. The van der Waals surface area contributed by atoms with Crippen molar-refractivity contribution in [3.8, 4) is 28.8 Å². The number of benzene rings is 2. The number of pyridine rings is 1. The van der Waals surface area contributed by atoms with E-state index in [0.717, 1.165) is 0 Å². The average molecular weight is 408 g/mol. The van der Waals surface area contributed by atoms with Crippen molar-refractivity contribution in [2.24, 2.45) is 0 Å². The molecule has 1 aliphatic rings. The van der Waals surface area contributed by atoms with Crippen LogP contribution in [0.5, 0.6) is 11.6 Å². The van der Waals surface area contributed by atoms with Crippen LogP contribution in [0.2, 0.25) is 0 Å². The van der Waals surface area contributed by atoms with Gasteiger partial charge >= 0.3 is 0 Å². The second-order valence-electron chi connectivity index (χ2n) is 7.44. The molecule has 0 amide bonds. The molecule has 2 heterocycles. The number of ether oxygens (including phenoxy) is 4. The lowest BCUT2D eigenvalue weighted by molar-refractivity contribution is -0.141. The Hall–Kier alpha value is -3.21. The zero-order chi connectivity index (χ0) is 21.3. The van der Waals surface area contributed by atoms with Gasteiger partial charge < -0.3 is 18.9 Å². The molecule has 7 heteroatoms. The topological polar surface area (TPSA) is 73.6 Å². The maximum atomic E-state index is 13.9. The second-order valence-corrected chi connectivity index (χ2v) is 7.44. The highest BCUT2D eigenvalue weighted by molar-refractivity contribution is 6.01. The number of hydrogen-bond donors (Lipinski definition) is 0. The Morgan fingerprint density at radius 1 is 1.23 bits per heavy atom. The van der Waals surface area contributed by atoms with E-state index in [1.54, 1.807) is 31.4 Å². The summed E-state index contributed by atoms with van der Waals surface area (Å²) in [5.74, 6) is -0.141. The van der Waals surface area contributed by atoms with E-state index in [9.17, 15) is 9.65 Å². The van der Waals surface area contributed by atoms with E-state index in [1.807, 2.05) is 19.9 Å². The molecule has 1 atom stereocenters. The van der Waals surface area contributed by atoms with Gasteiger partial charge in [-0.15, -0.1) is 0 Å². The molecule has 1 aliphatic heterocycles. The predicted octanol–water partition coefficient (Wildman–Crippen LogP) is 4.45. The number of halogens is 1. The fourth-order valence-electron chi connectivity index (χ4n) is 3.53. The zero-order valence-corrected chi connectivity index (χ0v) is 16.9. The molecule has 0 aliphatic carbocycles. The van der Waals surface area contributed by atoms with Crippen LogP contribution < -0.4 is 9.47 Å². The monoisotopic (exact) mass is 408 g/mol. The Morgan fingerprint density at radius 2 is 2.07 bits per heavy atom. The van der Waals surface area contributed by atoms with Crippen molar-refractivity contribution in [2.75, 3.05) is 20.3 Å². The molecule has 1 aromatic heterocycles. The maximum Gasteiger partial charge on any atom is 0.222 e. The van der Waals surface area contributed by atoms with Crippen LogP contribution in [0, 0.1) is 17.1 Å². The third kappa shape index (κ3) is 3.92. The maximum absolute atomic E-state index is 13.9. The van der Waals surface area contributed by atoms with E-state index in [0.29, 0.717) is 40.1 Å². The molecule has 0 bridgehead atoms. The first-order valence-electron chi connectivity index (χ1n) is 9.52. The third-order valence-electron chi connectivity index (χ3n) is 4.87. The number of nitriles is 1. The Balaban J connectivity index is 1.81. The van der Waals surface area contributed by atoms with Gasteiger partial charge in [0, 0.05) is 16.3 Å². The fourth-order valence-corrected chi connectivity index (χ4v) is 3.53. The smallest absolute Gasteiger partial charge is 0.222 e. The molecule has 30 heavy (non-hydrogen) atoms. The minimum absolute atomic E-state index is 0.139. The fraction of sp³-hybridized carbons (Fsp3) is 0.304. The van der Waals surface area contributed by atoms with Gasteiger partial charge in [0.15, 0.2) is 11.5 Å². The average Bonchev–Trinajstić information content (AvgIpc) is 3.09. The number of methoxy groups -OCH3 is 1. The number of fused-ring (bicyclic) bond motifs is 1. The van der Waals surface area contributed by atoms with E-state index in [4.69, 9.17) is 18.9 Å². The van der Waals surface area contributed by atoms with E-state index >= 15 is 0 Å². The van der Waals surface area contributed by atoms with E-state index in [-0.39, 0.29) is 18.4 Å². The minimum atomic E-state index is -0.657. The highest BCUT2D eigenvalue weighted by atomic mass is 19.1. The van der Waals surface area contributed by atoms with Gasteiger partial charge in [0.25, 0.3) is 0 Å². The molecule has 1 saturated heterocycles. The molecule has 0 radical (unpaired) electrons. The SMILES string of the molecule is COc1ccc2c(OCC3COC(C)(C)O3)nc(C#N)c(-c3cccc(F)c3)c2c1. The number of aromatic nitrogens is 1. The van der Waals surface area contributed by atoms with Gasteiger partial charge in [0.05, 0.1) is 13.7 Å². The summed E-state index contributed by atoms with van der Waals surface area (Å²) in [4.78, 5) is 4.44. The van der Waals surface area contributed by atoms with Crippen molar-refractivity contribution in [3.63, 3.8) is 0 Å². The second kappa shape index (κ2) is 7.90. The van der Waals surface area contributed by atoms with Crippen molar-refractivity contribution < 1.29 is 23.3 Å². The molecule has 1 unspecified atom stereocenters. The normalized spacial score (nSPS) is 17.6. The van der Waals surface area contributed by atoms with Gasteiger partial charge in [-0.2, -0.15) is 5.26 Å². The van der Waals surface area contributed by atoms with E-state index < -0.39 is 11.6 Å². The summed E-state index contributed by atoms with van der Waals surface area (Å²) in [7, 11) is 1.56. The van der Waals surface area contributed by atoms with Crippen LogP contribution in [0.15, 0.2) is 42.5 Å². The molecule has 2 aromatic carbocycles. The van der Waals surface area contributed by atoms with Crippen LogP contribution in [-0.4, -0.2) is 37.2 Å². The molecule has 0 saturated carbocycles. The summed E-state index contributed by atoms with van der Waals surface area (Å²) in [5.41, 5.74) is 1.22. The molecule has 154 valence electrons.